The number of benzene rings is 1. The van der Waals surface area contributed by atoms with Crippen LogP contribution in [0, 0.1) is 0 Å². The van der Waals surface area contributed by atoms with E-state index in [0.717, 1.165) is 37.5 Å². The summed E-state index contributed by atoms with van der Waals surface area (Å²) in [5, 5.41) is 3.48. The topological polar surface area (TPSA) is 56.5 Å². The van der Waals surface area contributed by atoms with E-state index in [9.17, 15) is 0 Å². The molecule has 0 bridgehead atoms. The van der Waals surface area contributed by atoms with Crippen molar-refractivity contribution in [2.45, 2.75) is 38.8 Å². The minimum atomic E-state index is 0.130. The number of ether oxygens (including phenoxy) is 2. The molecule has 0 unspecified atom stereocenters. The maximum atomic E-state index is 6.13. The number of hydrogen-bond donors (Lipinski definition) is 2. The first kappa shape index (κ1) is 13.0. The van der Waals surface area contributed by atoms with Crippen LogP contribution in [0.15, 0.2) is 18.2 Å². The second-order valence-electron chi connectivity index (χ2n) is 4.91. The zero-order valence-electron chi connectivity index (χ0n) is 11.1. The molecule has 0 amide bonds. The van der Waals surface area contributed by atoms with Crippen LogP contribution in [0.5, 0.6) is 5.75 Å². The summed E-state index contributed by atoms with van der Waals surface area (Å²) in [5.74, 6) is 0.752. The van der Waals surface area contributed by atoms with Gasteiger partial charge in [0.05, 0.1) is 17.5 Å². The molecule has 0 saturated carbocycles. The van der Waals surface area contributed by atoms with Gasteiger partial charge >= 0.3 is 0 Å². The third-order valence-electron chi connectivity index (χ3n) is 3.01. The lowest BCUT2D eigenvalue weighted by Crippen LogP contribution is -2.28. The highest BCUT2D eigenvalue weighted by atomic mass is 16.5. The molecule has 3 N–H and O–H groups in total. The number of anilines is 2. The van der Waals surface area contributed by atoms with E-state index in [1.165, 1.54) is 0 Å². The standard InChI is InChI=1S/C14H22N2O2/c1-10(2)18-13-5-3-4-12(14(13)15)16-11-6-8-17-9-7-11/h3-5,10-11,16H,6-9,15H2,1-2H3. The van der Waals surface area contributed by atoms with Gasteiger partial charge in [0.15, 0.2) is 0 Å². The Kier molecular flexibility index (Phi) is 4.31. The average molecular weight is 250 g/mol. The molecule has 0 spiro atoms. The van der Waals surface area contributed by atoms with Crippen molar-refractivity contribution >= 4 is 11.4 Å². The number of hydrogen-bond acceptors (Lipinski definition) is 4. The van der Waals surface area contributed by atoms with E-state index >= 15 is 0 Å². The van der Waals surface area contributed by atoms with Crippen molar-refractivity contribution < 1.29 is 9.47 Å². The van der Waals surface area contributed by atoms with E-state index in [2.05, 4.69) is 5.32 Å². The molecule has 1 saturated heterocycles. The van der Waals surface area contributed by atoms with Crippen molar-refractivity contribution in [3.63, 3.8) is 0 Å². The highest BCUT2D eigenvalue weighted by Crippen LogP contribution is 2.31. The first-order chi connectivity index (χ1) is 8.66. The summed E-state index contributed by atoms with van der Waals surface area (Å²) in [6.07, 6.45) is 2.18. The lowest BCUT2D eigenvalue weighted by molar-refractivity contribution is 0.0904. The molecular weight excluding hydrogens is 228 g/mol. The molecule has 1 aliphatic heterocycles. The average Bonchev–Trinajstić information content (AvgIpc) is 2.35. The molecule has 0 atom stereocenters. The molecule has 4 heteroatoms. The molecule has 1 fully saturated rings. The van der Waals surface area contributed by atoms with Gasteiger partial charge in [-0.2, -0.15) is 0 Å². The minimum absolute atomic E-state index is 0.130. The van der Waals surface area contributed by atoms with Crippen LogP contribution in [0.25, 0.3) is 0 Å². The highest BCUT2D eigenvalue weighted by molar-refractivity contribution is 5.73. The largest absolute Gasteiger partial charge is 0.489 e. The van der Waals surface area contributed by atoms with Gasteiger partial charge in [0.2, 0.25) is 0 Å². The number of nitrogens with one attached hydrogen (secondary N) is 1. The van der Waals surface area contributed by atoms with Gasteiger partial charge in [-0.05, 0) is 38.8 Å². The zero-order chi connectivity index (χ0) is 13.0. The van der Waals surface area contributed by atoms with E-state index in [4.69, 9.17) is 15.2 Å². The number of rotatable bonds is 4. The van der Waals surface area contributed by atoms with Gasteiger partial charge < -0.3 is 20.5 Å². The first-order valence-corrected chi connectivity index (χ1v) is 6.56. The predicted molar refractivity (Wildman–Crippen MR) is 74.1 cm³/mol. The van der Waals surface area contributed by atoms with Crippen molar-refractivity contribution in [2.75, 3.05) is 24.3 Å². The molecule has 100 valence electrons. The fourth-order valence-corrected chi connectivity index (χ4v) is 2.09. The molecule has 1 aromatic carbocycles. The maximum absolute atomic E-state index is 6.13. The van der Waals surface area contributed by atoms with Crippen LogP contribution in [0.1, 0.15) is 26.7 Å². The Morgan fingerprint density at radius 3 is 2.72 bits per heavy atom. The predicted octanol–water partition coefficient (Wildman–Crippen LogP) is 2.65. The first-order valence-electron chi connectivity index (χ1n) is 6.56. The van der Waals surface area contributed by atoms with E-state index in [-0.39, 0.29) is 6.10 Å². The quantitative estimate of drug-likeness (QED) is 0.807. The summed E-state index contributed by atoms with van der Waals surface area (Å²) in [5.41, 5.74) is 7.78. The zero-order valence-corrected chi connectivity index (χ0v) is 11.1. The molecule has 1 heterocycles. The number of nitrogens with two attached hydrogens (primary N) is 1. The molecule has 2 rings (SSSR count). The van der Waals surface area contributed by atoms with Crippen molar-refractivity contribution in [3.05, 3.63) is 18.2 Å². The summed E-state index contributed by atoms with van der Waals surface area (Å²) < 4.78 is 11.0. The van der Waals surface area contributed by atoms with Crippen molar-refractivity contribution in [1.29, 1.82) is 0 Å². The van der Waals surface area contributed by atoms with Gasteiger partial charge in [0.25, 0.3) is 0 Å². The molecule has 18 heavy (non-hydrogen) atoms. The van der Waals surface area contributed by atoms with E-state index < -0.39 is 0 Å². The molecule has 0 aliphatic carbocycles. The summed E-state index contributed by atoms with van der Waals surface area (Å²) in [7, 11) is 0. The van der Waals surface area contributed by atoms with Crippen LogP contribution in [-0.4, -0.2) is 25.4 Å². The van der Waals surface area contributed by atoms with Gasteiger partial charge in [0, 0.05) is 19.3 Å². The van der Waals surface area contributed by atoms with Crippen molar-refractivity contribution in [3.8, 4) is 5.75 Å². The third-order valence-corrected chi connectivity index (χ3v) is 3.01. The van der Waals surface area contributed by atoms with Gasteiger partial charge in [-0.3, -0.25) is 0 Å². The van der Waals surface area contributed by atoms with Crippen LogP contribution in [0.4, 0.5) is 11.4 Å². The SMILES string of the molecule is CC(C)Oc1cccc(NC2CCOCC2)c1N. The Labute approximate surface area is 108 Å². The van der Waals surface area contributed by atoms with Crippen molar-refractivity contribution in [2.24, 2.45) is 0 Å². The van der Waals surface area contributed by atoms with E-state index in [0.29, 0.717) is 11.7 Å². The number of nitrogen functional groups attached to an aromatic ring is 1. The van der Waals surface area contributed by atoms with Crippen LogP contribution < -0.4 is 15.8 Å². The molecule has 0 radical (unpaired) electrons. The van der Waals surface area contributed by atoms with Gasteiger partial charge in [-0.25, -0.2) is 0 Å². The van der Waals surface area contributed by atoms with Crippen LogP contribution in [0.2, 0.25) is 0 Å². The van der Waals surface area contributed by atoms with Crippen LogP contribution in [-0.2, 0) is 4.74 Å². The van der Waals surface area contributed by atoms with Gasteiger partial charge in [-0.15, -0.1) is 0 Å². The summed E-state index contributed by atoms with van der Waals surface area (Å²) >= 11 is 0. The Morgan fingerprint density at radius 2 is 2.06 bits per heavy atom. The molecule has 1 aliphatic rings. The monoisotopic (exact) mass is 250 g/mol. The third kappa shape index (κ3) is 3.29. The van der Waals surface area contributed by atoms with Crippen LogP contribution >= 0.6 is 0 Å². The van der Waals surface area contributed by atoms with Crippen LogP contribution in [0.3, 0.4) is 0 Å². The Hall–Kier alpha value is -1.42. The maximum Gasteiger partial charge on any atom is 0.144 e. The fraction of sp³-hybridized carbons (Fsp3) is 0.571. The minimum Gasteiger partial charge on any atom is -0.489 e. The smallest absolute Gasteiger partial charge is 0.144 e. The van der Waals surface area contributed by atoms with E-state index in [1.54, 1.807) is 0 Å². The number of para-hydroxylation sites is 1. The summed E-state index contributed by atoms with van der Waals surface area (Å²) in [4.78, 5) is 0. The molecule has 0 aromatic heterocycles. The second kappa shape index (κ2) is 5.96. The van der Waals surface area contributed by atoms with Gasteiger partial charge in [0.1, 0.15) is 5.75 Å². The molecule has 1 aromatic rings. The lowest BCUT2D eigenvalue weighted by atomic mass is 10.1. The normalized spacial score (nSPS) is 16.8. The second-order valence-corrected chi connectivity index (χ2v) is 4.91. The van der Waals surface area contributed by atoms with Gasteiger partial charge in [-0.1, -0.05) is 6.07 Å². The van der Waals surface area contributed by atoms with E-state index in [1.807, 2.05) is 32.0 Å². The summed E-state index contributed by atoms with van der Waals surface area (Å²) in [6, 6.07) is 6.31. The summed E-state index contributed by atoms with van der Waals surface area (Å²) in [6.45, 7) is 5.63. The Balaban J connectivity index is 2.07. The van der Waals surface area contributed by atoms with Crippen molar-refractivity contribution in [1.82, 2.24) is 0 Å². The Bertz CT molecular complexity index is 387. The molecule has 4 nitrogen and oxygen atoms in total. The lowest BCUT2D eigenvalue weighted by Gasteiger charge is -2.25. The molecular formula is C14H22N2O2. The fourth-order valence-electron chi connectivity index (χ4n) is 2.09. The highest BCUT2D eigenvalue weighted by Gasteiger charge is 2.15. The Morgan fingerprint density at radius 1 is 1.33 bits per heavy atom.